The number of aliphatic imine (C=N–C) groups is 2. The molecule has 0 aromatic heterocycles. The van der Waals surface area contributed by atoms with Gasteiger partial charge in [-0.1, -0.05) is 140 Å². The van der Waals surface area contributed by atoms with E-state index in [-0.39, 0.29) is 18.4 Å². The number of nitrogens with one attached hydrogen (secondary N) is 1. The van der Waals surface area contributed by atoms with E-state index < -0.39 is 5.41 Å². The van der Waals surface area contributed by atoms with Crippen molar-refractivity contribution in [2.24, 2.45) is 9.98 Å². The van der Waals surface area contributed by atoms with Crippen LogP contribution >= 0.6 is 0 Å². The van der Waals surface area contributed by atoms with Crippen molar-refractivity contribution in [3.63, 3.8) is 0 Å². The van der Waals surface area contributed by atoms with Gasteiger partial charge in [0, 0.05) is 16.7 Å². The van der Waals surface area contributed by atoms with Crippen LogP contribution in [0.15, 0.2) is 162 Å². The Balaban J connectivity index is 1.01. The number of hydrogen-bond acceptors (Lipinski definition) is 5. The van der Waals surface area contributed by atoms with E-state index in [1.54, 1.807) is 0 Å². The summed E-state index contributed by atoms with van der Waals surface area (Å²) in [6.07, 6.45) is 1.13. The Labute approximate surface area is 285 Å². The zero-order valence-electron chi connectivity index (χ0n) is 26.8. The molecule has 0 radical (unpaired) electrons. The zero-order chi connectivity index (χ0) is 32.4. The average molecular weight is 636 g/mol. The van der Waals surface area contributed by atoms with Crippen molar-refractivity contribution < 1.29 is 9.47 Å². The van der Waals surface area contributed by atoms with Crippen molar-refractivity contribution >= 4 is 11.7 Å². The second-order valence-electron chi connectivity index (χ2n) is 13.2. The molecular weight excluding hydrogens is 603 g/mol. The highest BCUT2D eigenvalue weighted by molar-refractivity contribution is 6.11. The Hall–Kier alpha value is -5.78. The molecule has 0 amide bonds. The van der Waals surface area contributed by atoms with E-state index in [0.717, 1.165) is 58.3 Å². The van der Waals surface area contributed by atoms with Gasteiger partial charge < -0.3 is 14.8 Å². The van der Waals surface area contributed by atoms with Crippen LogP contribution in [0.2, 0.25) is 0 Å². The first kappa shape index (κ1) is 28.3. The van der Waals surface area contributed by atoms with Crippen LogP contribution in [0, 0.1) is 0 Å². The summed E-state index contributed by atoms with van der Waals surface area (Å²) >= 11 is 0. The molecule has 49 heavy (non-hydrogen) atoms. The quantitative estimate of drug-likeness (QED) is 0.210. The molecule has 5 heteroatoms. The summed E-state index contributed by atoms with van der Waals surface area (Å²) in [4.78, 5) is 10.1. The molecular formula is C44H33N3O2. The second-order valence-corrected chi connectivity index (χ2v) is 13.2. The fraction of sp³-hybridized carbons (Fsp3) is 0.136. The Bertz CT molecular complexity index is 2250. The van der Waals surface area contributed by atoms with E-state index in [1.807, 2.05) is 36.4 Å². The molecule has 1 N–H and O–H groups in total. The van der Waals surface area contributed by atoms with Crippen molar-refractivity contribution in [3.05, 3.63) is 191 Å². The predicted molar refractivity (Wildman–Crippen MR) is 193 cm³/mol. The monoisotopic (exact) mass is 635 g/mol. The molecule has 1 fully saturated rings. The van der Waals surface area contributed by atoms with Crippen LogP contribution < -0.4 is 10.1 Å². The molecule has 0 saturated carbocycles. The molecule has 3 unspecified atom stereocenters. The fourth-order valence-corrected chi connectivity index (χ4v) is 8.31. The van der Waals surface area contributed by atoms with Crippen LogP contribution in [-0.4, -0.2) is 17.8 Å². The Kier molecular flexibility index (Phi) is 6.43. The largest absolute Gasteiger partial charge is 0.457 e. The first-order valence-electron chi connectivity index (χ1n) is 17.1. The maximum atomic E-state index is 6.84. The van der Waals surface area contributed by atoms with E-state index in [4.69, 9.17) is 19.5 Å². The number of amidine groups is 2. The number of hydrogen-bond donors (Lipinski definition) is 1. The van der Waals surface area contributed by atoms with Gasteiger partial charge in [-0.3, -0.25) is 0 Å². The minimum Gasteiger partial charge on any atom is -0.457 e. The number of rotatable bonds is 4. The van der Waals surface area contributed by atoms with Gasteiger partial charge in [-0.05, 0) is 58.4 Å². The van der Waals surface area contributed by atoms with Gasteiger partial charge in [-0.25, -0.2) is 9.98 Å². The molecule has 3 atom stereocenters. The summed E-state index contributed by atoms with van der Waals surface area (Å²) in [6.45, 7) is 0. The van der Waals surface area contributed by atoms with E-state index in [1.165, 1.54) is 27.8 Å². The number of nitrogens with zero attached hydrogens (tertiary/aromatic N) is 2. The van der Waals surface area contributed by atoms with Gasteiger partial charge in [0.05, 0.1) is 11.5 Å². The molecule has 3 heterocycles. The Morgan fingerprint density at radius 2 is 1.14 bits per heavy atom. The average Bonchev–Trinajstić information content (AvgIpc) is 3.78. The molecule has 0 bridgehead atoms. The van der Waals surface area contributed by atoms with E-state index in [2.05, 4.69) is 121 Å². The van der Waals surface area contributed by atoms with Gasteiger partial charge in [0.1, 0.15) is 29.3 Å². The minimum atomic E-state index is -0.463. The molecule has 4 aliphatic rings. The summed E-state index contributed by atoms with van der Waals surface area (Å²) < 4.78 is 13.6. The lowest BCUT2D eigenvalue weighted by atomic mass is 9.66. The van der Waals surface area contributed by atoms with Crippen LogP contribution in [0.4, 0.5) is 0 Å². The third-order valence-electron chi connectivity index (χ3n) is 10.5. The topological polar surface area (TPSA) is 55.2 Å². The van der Waals surface area contributed by atoms with Crippen LogP contribution in [0.5, 0.6) is 11.5 Å². The molecule has 3 aliphatic heterocycles. The van der Waals surface area contributed by atoms with E-state index in [0.29, 0.717) is 0 Å². The van der Waals surface area contributed by atoms with Crippen LogP contribution in [0.25, 0.3) is 11.1 Å². The van der Waals surface area contributed by atoms with Gasteiger partial charge in [-0.15, -0.1) is 0 Å². The maximum absolute atomic E-state index is 6.84. The Morgan fingerprint density at radius 1 is 0.531 bits per heavy atom. The summed E-state index contributed by atoms with van der Waals surface area (Å²) in [6, 6.07) is 53.4. The van der Waals surface area contributed by atoms with Gasteiger partial charge in [0.15, 0.2) is 6.17 Å². The lowest BCUT2D eigenvalue weighted by Gasteiger charge is -2.39. The predicted octanol–water partition coefficient (Wildman–Crippen LogP) is 9.52. The molecule has 1 aliphatic carbocycles. The van der Waals surface area contributed by atoms with Gasteiger partial charge in [0.2, 0.25) is 0 Å². The third-order valence-corrected chi connectivity index (χ3v) is 10.5. The fourth-order valence-electron chi connectivity index (χ4n) is 8.31. The summed E-state index contributed by atoms with van der Waals surface area (Å²) in [7, 11) is 0. The molecule has 1 saturated heterocycles. The first-order valence-corrected chi connectivity index (χ1v) is 17.1. The standard InChI is InChI=1S/C44H33N3O2/c1-3-13-28(14-4-1)41-45-42(29-15-5-2-6-16-29)47-43(46-41)39-26-25-37(48-39)30-23-24-36-40(27-30)49-38-22-12-11-21-35(38)44(36)33-19-9-7-17-31(33)32-18-8-10-20-34(32)44/h1-24,27,37,39,41H,25-26H2,(H,45,46,47). The van der Waals surface area contributed by atoms with Gasteiger partial charge in [-0.2, -0.15) is 0 Å². The highest BCUT2D eigenvalue weighted by atomic mass is 16.5. The lowest BCUT2D eigenvalue weighted by Crippen LogP contribution is -2.42. The minimum absolute atomic E-state index is 0.0890. The SMILES string of the molecule is c1ccc(C2=NC(c3ccccc3)N=C(C3CCC(c4ccc5c(c4)Oc4ccccc4C54c5ccccc5-c5ccccc54)O3)N2)cc1. The molecule has 1 spiro atoms. The number of fused-ring (bicyclic) bond motifs is 9. The maximum Gasteiger partial charge on any atom is 0.169 e. The van der Waals surface area contributed by atoms with Crippen molar-refractivity contribution in [2.45, 2.75) is 36.6 Å². The molecule has 6 aromatic rings. The van der Waals surface area contributed by atoms with Crippen molar-refractivity contribution in [1.29, 1.82) is 0 Å². The van der Waals surface area contributed by atoms with Crippen molar-refractivity contribution in [2.75, 3.05) is 0 Å². The van der Waals surface area contributed by atoms with E-state index in [9.17, 15) is 0 Å². The zero-order valence-corrected chi connectivity index (χ0v) is 26.8. The summed E-state index contributed by atoms with van der Waals surface area (Å²) in [5.41, 5.74) is 10.2. The highest BCUT2D eigenvalue weighted by Gasteiger charge is 2.51. The first-order chi connectivity index (χ1) is 24.3. The smallest absolute Gasteiger partial charge is 0.169 e. The Morgan fingerprint density at radius 3 is 1.90 bits per heavy atom. The van der Waals surface area contributed by atoms with Crippen molar-refractivity contribution in [1.82, 2.24) is 5.32 Å². The van der Waals surface area contributed by atoms with Gasteiger partial charge >= 0.3 is 0 Å². The number of ether oxygens (including phenoxy) is 2. The molecule has 236 valence electrons. The van der Waals surface area contributed by atoms with Crippen LogP contribution in [0.1, 0.15) is 64.1 Å². The van der Waals surface area contributed by atoms with E-state index >= 15 is 0 Å². The number of benzene rings is 6. The number of para-hydroxylation sites is 1. The molecule has 10 rings (SSSR count). The van der Waals surface area contributed by atoms with Crippen LogP contribution in [-0.2, 0) is 10.2 Å². The highest BCUT2D eigenvalue weighted by Crippen LogP contribution is 2.62. The third kappa shape index (κ3) is 4.36. The molecule has 6 aromatic carbocycles. The summed E-state index contributed by atoms with van der Waals surface area (Å²) in [5.74, 6) is 3.41. The lowest BCUT2D eigenvalue weighted by molar-refractivity contribution is 0.0793. The molecule has 5 nitrogen and oxygen atoms in total. The summed E-state index contributed by atoms with van der Waals surface area (Å²) in [5, 5.41) is 3.55. The normalized spacial score (nSPS) is 20.9. The van der Waals surface area contributed by atoms with Crippen molar-refractivity contribution in [3.8, 4) is 22.6 Å². The van der Waals surface area contributed by atoms with Gasteiger partial charge in [0.25, 0.3) is 0 Å². The van der Waals surface area contributed by atoms with Crippen LogP contribution in [0.3, 0.4) is 0 Å². The second kappa shape index (κ2) is 11.1.